The molecule has 1 heterocycles. The number of fused-ring (bicyclic) bond motifs is 2. The Hall–Kier alpha value is -4.33. The lowest BCUT2D eigenvalue weighted by molar-refractivity contribution is 0.0488. The van der Waals surface area contributed by atoms with E-state index in [0.29, 0.717) is 24.6 Å². The Morgan fingerprint density at radius 1 is 0.905 bits per heavy atom. The molecule has 1 fully saturated rings. The number of nitrogens with one attached hydrogen (secondary N) is 2. The van der Waals surface area contributed by atoms with E-state index in [1.165, 1.54) is 5.39 Å². The minimum Gasteiger partial charge on any atom is -0.444 e. The fraction of sp³-hybridized carbons (Fsp3) is 0.382. The van der Waals surface area contributed by atoms with Crippen LogP contribution in [-0.2, 0) is 11.3 Å². The highest BCUT2D eigenvalue weighted by Crippen LogP contribution is 2.26. The van der Waals surface area contributed by atoms with E-state index in [4.69, 9.17) is 10.5 Å². The van der Waals surface area contributed by atoms with Crippen molar-refractivity contribution in [3.05, 3.63) is 83.6 Å². The highest BCUT2D eigenvalue weighted by Gasteiger charge is 2.27. The van der Waals surface area contributed by atoms with Crippen molar-refractivity contribution >= 4 is 39.5 Å². The standard InChI is InChI=1S/C34H41N5O3/c1-5-36-31(35)26-13-12-25-19-30(32(40)37-27-14-16-28(17-15-27)38-33(41)42-34(2,3)4)39(29(25)20-26)21-22-10-11-23-8-6-7-9-24(23)18-22/h6-13,18-20,27-28H,5,14-17,21H2,1-4H3,(H2,35,36)(H,37,40)(H,38,41). The first-order chi connectivity index (χ1) is 20.1. The van der Waals surface area contributed by atoms with Crippen molar-refractivity contribution in [3.63, 3.8) is 0 Å². The average molecular weight is 568 g/mol. The quantitative estimate of drug-likeness (QED) is 0.184. The molecule has 2 amide bonds. The van der Waals surface area contributed by atoms with Gasteiger partial charge in [-0.15, -0.1) is 0 Å². The number of ether oxygens (including phenoxy) is 1. The molecule has 1 aromatic heterocycles. The Bertz CT molecular complexity index is 1620. The third-order valence-corrected chi connectivity index (χ3v) is 7.70. The minimum atomic E-state index is -0.532. The van der Waals surface area contributed by atoms with E-state index in [2.05, 4.69) is 50.5 Å². The van der Waals surface area contributed by atoms with Crippen molar-refractivity contribution in [2.45, 2.75) is 77.6 Å². The third-order valence-electron chi connectivity index (χ3n) is 7.70. The first kappa shape index (κ1) is 29.2. The van der Waals surface area contributed by atoms with E-state index in [1.807, 2.05) is 64.1 Å². The molecule has 0 radical (unpaired) electrons. The lowest BCUT2D eigenvalue weighted by Gasteiger charge is -2.30. The molecule has 0 saturated heterocycles. The molecule has 1 aliphatic carbocycles. The molecular formula is C34H41N5O3. The van der Waals surface area contributed by atoms with Gasteiger partial charge in [-0.2, -0.15) is 0 Å². The number of benzene rings is 3. The SMILES string of the molecule is CCN=C(N)c1ccc2cc(C(=O)NC3CCC(NC(=O)OC(C)(C)C)CC3)n(Cc3ccc4ccccc4c3)c2c1. The zero-order chi connectivity index (χ0) is 29.9. The van der Waals surface area contributed by atoms with Crippen molar-refractivity contribution in [2.75, 3.05) is 6.54 Å². The van der Waals surface area contributed by atoms with Crippen LogP contribution in [0.15, 0.2) is 71.7 Å². The molecule has 0 bridgehead atoms. The molecule has 3 aromatic carbocycles. The normalized spacial score (nSPS) is 17.8. The number of rotatable bonds is 7. The summed E-state index contributed by atoms with van der Waals surface area (Å²) in [6.07, 6.45) is 2.74. The van der Waals surface area contributed by atoms with Crippen LogP contribution in [-0.4, -0.2) is 46.6 Å². The second-order valence-electron chi connectivity index (χ2n) is 12.1. The summed E-state index contributed by atoms with van der Waals surface area (Å²) in [6.45, 7) is 8.66. The second-order valence-corrected chi connectivity index (χ2v) is 12.1. The van der Waals surface area contributed by atoms with Crippen LogP contribution in [0.1, 0.15) is 75.0 Å². The Morgan fingerprint density at radius 2 is 1.57 bits per heavy atom. The van der Waals surface area contributed by atoms with E-state index in [9.17, 15) is 9.59 Å². The summed E-state index contributed by atoms with van der Waals surface area (Å²) in [6, 6.07) is 22.7. The van der Waals surface area contributed by atoms with Crippen LogP contribution in [0.4, 0.5) is 4.79 Å². The summed E-state index contributed by atoms with van der Waals surface area (Å²) in [5, 5.41) is 9.56. The van der Waals surface area contributed by atoms with Crippen molar-refractivity contribution in [2.24, 2.45) is 10.7 Å². The van der Waals surface area contributed by atoms with Gasteiger partial charge >= 0.3 is 6.09 Å². The van der Waals surface area contributed by atoms with Gasteiger partial charge in [-0.1, -0.05) is 48.5 Å². The van der Waals surface area contributed by atoms with Gasteiger partial charge in [0.15, 0.2) is 0 Å². The summed E-state index contributed by atoms with van der Waals surface area (Å²) in [4.78, 5) is 30.4. The van der Waals surface area contributed by atoms with Crippen LogP contribution in [0.5, 0.6) is 0 Å². The van der Waals surface area contributed by atoms with Gasteiger partial charge in [-0.3, -0.25) is 9.79 Å². The maximum Gasteiger partial charge on any atom is 0.407 e. The first-order valence-electron chi connectivity index (χ1n) is 14.8. The lowest BCUT2D eigenvalue weighted by atomic mass is 9.91. The number of nitrogens with two attached hydrogens (primary N) is 1. The van der Waals surface area contributed by atoms with Crippen LogP contribution in [0.25, 0.3) is 21.7 Å². The van der Waals surface area contributed by atoms with Gasteiger partial charge in [-0.05, 0) is 87.9 Å². The van der Waals surface area contributed by atoms with Gasteiger partial charge in [0.2, 0.25) is 0 Å². The number of nitrogens with zero attached hydrogens (tertiary/aromatic N) is 2. The molecule has 0 atom stereocenters. The molecule has 4 N–H and O–H groups in total. The van der Waals surface area contributed by atoms with Crippen molar-refractivity contribution in [1.29, 1.82) is 0 Å². The lowest BCUT2D eigenvalue weighted by Crippen LogP contribution is -2.45. The molecule has 8 nitrogen and oxygen atoms in total. The zero-order valence-corrected chi connectivity index (χ0v) is 24.9. The Morgan fingerprint density at radius 3 is 2.26 bits per heavy atom. The van der Waals surface area contributed by atoms with Crippen LogP contribution in [0.3, 0.4) is 0 Å². The van der Waals surface area contributed by atoms with E-state index >= 15 is 0 Å². The first-order valence-corrected chi connectivity index (χ1v) is 14.8. The fourth-order valence-corrected chi connectivity index (χ4v) is 5.67. The van der Waals surface area contributed by atoms with Crippen LogP contribution in [0.2, 0.25) is 0 Å². The maximum absolute atomic E-state index is 13.8. The summed E-state index contributed by atoms with van der Waals surface area (Å²) < 4.78 is 7.48. The Balaban J connectivity index is 1.37. The number of hydrogen-bond donors (Lipinski definition) is 3. The van der Waals surface area contributed by atoms with Gasteiger partial charge < -0.3 is 25.7 Å². The van der Waals surface area contributed by atoms with Crippen molar-refractivity contribution in [1.82, 2.24) is 15.2 Å². The molecule has 0 unspecified atom stereocenters. The van der Waals surface area contributed by atoms with E-state index in [1.54, 1.807) is 0 Å². The minimum absolute atomic E-state index is 0.0317. The molecule has 5 rings (SSSR count). The highest BCUT2D eigenvalue weighted by atomic mass is 16.6. The topological polar surface area (TPSA) is 111 Å². The molecular weight excluding hydrogens is 526 g/mol. The van der Waals surface area contributed by atoms with Crippen LogP contribution < -0.4 is 16.4 Å². The number of carbonyl (C=O) groups excluding carboxylic acids is 2. The molecule has 4 aromatic rings. The maximum atomic E-state index is 13.8. The number of amidine groups is 1. The number of hydrogen-bond acceptors (Lipinski definition) is 4. The van der Waals surface area contributed by atoms with E-state index in [0.717, 1.165) is 53.1 Å². The third kappa shape index (κ3) is 6.93. The molecule has 0 aliphatic heterocycles. The predicted octanol–water partition coefficient (Wildman–Crippen LogP) is 6.13. The number of aromatic nitrogens is 1. The average Bonchev–Trinajstić information content (AvgIpc) is 3.30. The van der Waals surface area contributed by atoms with Crippen LogP contribution in [0, 0.1) is 0 Å². The van der Waals surface area contributed by atoms with Gasteiger partial charge in [0.25, 0.3) is 5.91 Å². The van der Waals surface area contributed by atoms with Crippen LogP contribution >= 0.6 is 0 Å². The van der Waals surface area contributed by atoms with Crippen molar-refractivity contribution < 1.29 is 14.3 Å². The zero-order valence-electron chi connectivity index (χ0n) is 24.9. The summed E-state index contributed by atoms with van der Waals surface area (Å²) >= 11 is 0. The molecule has 0 spiro atoms. The largest absolute Gasteiger partial charge is 0.444 e. The Labute approximate surface area is 247 Å². The fourth-order valence-electron chi connectivity index (χ4n) is 5.67. The molecule has 1 aliphatic rings. The smallest absolute Gasteiger partial charge is 0.407 e. The molecule has 1 saturated carbocycles. The van der Waals surface area contributed by atoms with Gasteiger partial charge in [-0.25, -0.2) is 4.79 Å². The molecule has 220 valence electrons. The second kappa shape index (κ2) is 12.3. The predicted molar refractivity (Wildman–Crippen MR) is 169 cm³/mol. The monoisotopic (exact) mass is 567 g/mol. The van der Waals surface area contributed by atoms with E-state index < -0.39 is 11.7 Å². The Kier molecular flexibility index (Phi) is 8.52. The highest BCUT2D eigenvalue weighted by molar-refractivity contribution is 6.03. The number of alkyl carbamates (subject to hydrolysis) is 1. The summed E-state index contributed by atoms with van der Waals surface area (Å²) in [5.74, 6) is 0.382. The number of carbonyl (C=O) groups is 2. The number of aliphatic imine (C=N–C) groups is 1. The molecule has 42 heavy (non-hydrogen) atoms. The van der Waals surface area contributed by atoms with Gasteiger partial charge in [0.1, 0.15) is 17.1 Å². The van der Waals surface area contributed by atoms with Gasteiger partial charge in [0, 0.05) is 41.6 Å². The summed E-state index contributed by atoms with van der Waals surface area (Å²) in [5.41, 5.74) is 9.20. The van der Waals surface area contributed by atoms with E-state index in [-0.39, 0.29) is 18.0 Å². The summed E-state index contributed by atoms with van der Waals surface area (Å²) in [7, 11) is 0. The molecule has 8 heteroatoms. The van der Waals surface area contributed by atoms with Gasteiger partial charge in [0.05, 0.1) is 0 Å². The van der Waals surface area contributed by atoms with Crippen molar-refractivity contribution in [3.8, 4) is 0 Å². The number of amides is 2.